The summed E-state index contributed by atoms with van der Waals surface area (Å²) in [6.45, 7) is 3.10. The Morgan fingerprint density at radius 1 is 1.18 bits per heavy atom. The lowest BCUT2D eigenvalue weighted by Gasteiger charge is -2.31. The third kappa shape index (κ3) is 3.38. The summed E-state index contributed by atoms with van der Waals surface area (Å²) in [5.74, 6) is 0.397. The van der Waals surface area contributed by atoms with Gasteiger partial charge in [-0.15, -0.1) is 0 Å². The van der Waals surface area contributed by atoms with Crippen molar-refractivity contribution in [1.29, 1.82) is 0 Å². The predicted molar refractivity (Wildman–Crippen MR) is 103 cm³/mol. The lowest BCUT2D eigenvalue weighted by molar-refractivity contribution is -0.130. The normalized spacial score (nSPS) is 23.8. The van der Waals surface area contributed by atoms with Crippen LogP contribution in [0.2, 0.25) is 0 Å². The molecule has 1 atom stereocenters. The van der Waals surface area contributed by atoms with Crippen LogP contribution in [0.3, 0.4) is 0 Å². The van der Waals surface area contributed by atoms with Crippen LogP contribution in [0.5, 0.6) is 5.75 Å². The Hall–Kier alpha value is -2.45. The minimum Gasteiger partial charge on any atom is -0.483 e. The first-order valence-electron chi connectivity index (χ1n) is 9.39. The van der Waals surface area contributed by atoms with Crippen LogP contribution in [-0.2, 0) is 21.4 Å². The second kappa shape index (κ2) is 7.18. The monoisotopic (exact) mass is 401 g/mol. The molecule has 2 aliphatic heterocycles. The van der Waals surface area contributed by atoms with Gasteiger partial charge in [-0.05, 0) is 24.3 Å². The van der Waals surface area contributed by atoms with E-state index in [2.05, 4.69) is 4.98 Å². The molecule has 28 heavy (non-hydrogen) atoms. The van der Waals surface area contributed by atoms with Gasteiger partial charge in [0.25, 0.3) is 0 Å². The Labute approximate surface area is 165 Å². The molecule has 8 heteroatoms. The number of rotatable bonds is 3. The lowest BCUT2D eigenvalue weighted by atomic mass is 10.0. The Morgan fingerprint density at radius 2 is 1.96 bits per heavy atom. The maximum absolute atomic E-state index is 13.4. The molecule has 1 aromatic heterocycles. The van der Waals surface area contributed by atoms with Gasteiger partial charge in [-0.1, -0.05) is 25.1 Å². The molecule has 0 bridgehead atoms. The molecule has 148 valence electrons. The van der Waals surface area contributed by atoms with Gasteiger partial charge in [0.1, 0.15) is 16.2 Å². The third-order valence-corrected chi connectivity index (χ3v) is 7.13. The van der Waals surface area contributed by atoms with Gasteiger partial charge in [0.15, 0.2) is 0 Å². The van der Waals surface area contributed by atoms with Crippen molar-refractivity contribution in [3.8, 4) is 5.75 Å². The maximum atomic E-state index is 13.4. The Balaban J connectivity index is 1.74. The van der Waals surface area contributed by atoms with Gasteiger partial charge < -0.3 is 9.64 Å². The number of carbonyl (C=O) groups excluding carboxylic acids is 1. The molecule has 1 fully saturated rings. The zero-order chi connectivity index (χ0) is 19.8. The number of aromatic nitrogens is 1. The van der Waals surface area contributed by atoms with Gasteiger partial charge in [0.05, 0.1) is 25.3 Å². The van der Waals surface area contributed by atoms with Crippen LogP contribution < -0.4 is 4.74 Å². The third-order valence-electron chi connectivity index (χ3n) is 5.29. The fraction of sp³-hybridized carbons (Fsp3) is 0.400. The molecular formula is C20H23N3O4S. The van der Waals surface area contributed by atoms with E-state index in [0.29, 0.717) is 37.4 Å². The van der Waals surface area contributed by atoms with Crippen molar-refractivity contribution in [2.75, 3.05) is 19.6 Å². The number of ether oxygens (including phenoxy) is 1. The number of carbonyl (C=O) groups is 1. The summed E-state index contributed by atoms with van der Waals surface area (Å²) in [5.41, 5.74) is -0.0978. The van der Waals surface area contributed by atoms with E-state index in [1.807, 2.05) is 13.0 Å². The Kier molecular flexibility index (Phi) is 4.84. The van der Waals surface area contributed by atoms with Crippen molar-refractivity contribution in [3.63, 3.8) is 0 Å². The molecule has 4 rings (SSSR count). The van der Waals surface area contributed by atoms with E-state index in [0.717, 1.165) is 0 Å². The highest BCUT2D eigenvalue weighted by atomic mass is 32.2. The highest BCUT2D eigenvalue weighted by Gasteiger charge is 2.48. The average Bonchev–Trinajstić information content (AvgIpc) is 3.08. The van der Waals surface area contributed by atoms with Crippen LogP contribution in [0.4, 0.5) is 0 Å². The number of likely N-dealkylation sites (tertiary alicyclic amines) is 1. The van der Waals surface area contributed by atoms with Gasteiger partial charge in [-0.3, -0.25) is 9.78 Å². The van der Waals surface area contributed by atoms with E-state index in [1.54, 1.807) is 47.5 Å². The highest BCUT2D eigenvalue weighted by molar-refractivity contribution is 7.89. The number of fused-ring (bicyclic) bond motifs is 1. The molecule has 0 aliphatic carbocycles. The number of benzene rings is 1. The molecular weight excluding hydrogens is 378 g/mol. The van der Waals surface area contributed by atoms with Crippen molar-refractivity contribution in [2.45, 2.75) is 36.8 Å². The zero-order valence-electron chi connectivity index (χ0n) is 15.7. The molecule has 1 aromatic carbocycles. The fourth-order valence-corrected chi connectivity index (χ4v) is 5.47. The molecule has 1 spiro atoms. The number of para-hydroxylation sites is 1. The number of nitrogens with zero attached hydrogens (tertiary/aromatic N) is 3. The van der Waals surface area contributed by atoms with Gasteiger partial charge in [-0.25, -0.2) is 8.42 Å². The Bertz CT molecular complexity index is 980. The topological polar surface area (TPSA) is 79.8 Å². The van der Waals surface area contributed by atoms with E-state index >= 15 is 0 Å². The quantitative estimate of drug-likeness (QED) is 0.786. The minimum absolute atomic E-state index is 0.0529. The zero-order valence-corrected chi connectivity index (χ0v) is 16.6. The standard InChI is InChI=1S/C20H23N3O4S/c1-2-19(24)22-12-10-20(14-22)15-23(13-16-7-5-6-11-21-16)28(25,26)18-9-4-3-8-17(18)27-20/h3-9,11H,2,10,12-15H2,1H3. The number of hydrogen-bond acceptors (Lipinski definition) is 5. The summed E-state index contributed by atoms with van der Waals surface area (Å²) in [6, 6.07) is 12.2. The summed E-state index contributed by atoms with van der Waals surface area (Å²) >= 11 is 0. The molecule has 0 radical (unpaired) electrons. The molecule has 0 N–H and O–H groups in total. The summed E-state index contributed by atoms with van der Waals surface area (Å²) < 4.78 is 34.5. The summed E-state index contributed by atoms with van der Waals surface area (Å²) in [6.07, 6.45) is 2.65. The van der Waals surface area contributed by atoms with Crippen molar-refractivity contribution in [1.82, 2.24) is 14.2 Å². The SMILES string of the molecule is CCC(=O)N1CCC2(C1)CN(Cc1ccccn1)S(=O)(=O)c1ccccc1O2. The van der Waals surface area contributed by atoms with Crippen LogP contribution in [0, 0.1) is 0 Å². The number of amides is 1. The van der Waals surface area contributed by atoms with Crippen molar-refractivity contribution in [3.05, 3.63) is 54.4 Å². The van der Waals surface area contributed by atoms with Crippen LogP contribution in [0.1, 0.15) is 25.5 Å². The molecule has 2 aromatic rings. The number of pyridine rings is 1. The van der Waals surface area contributed by atoms with Crippen molar-refractivity contribution < 1.29 is 17.9 Å². The molecule has 7 nitrogen and oxygen atoms in total. The molecule has 1 amide bonds. The van der Waals surface area contributed by atoms with Crippen LogP contribution in [0.15, 0.2) is 53.6 Å². The van der Waals surface area contributed by atoms with Crippen LogP contribution in [-0.4, -0.2) is 53.7 Å². The maximum Gasteiger partial charge on any atom is 0.247 e. The minimum atomic E-state index is -3.76. The van der Waals surface area contributed by atoms with Crippen LogP contribution in [0.25, 0.3) is 0 Å². The number of hydrogen-bond donors (Lipinski definition) is 0. The number of sulfonamides is 1. The highest BCUT2D eigenvalue weighted by Crippen LogP contribution is 2.38. The average molecular weight is 401 g/mol. The smallest absolute Gasteiger partial charge is 0.247 e. The molecule has 0 saturated carbocycles. The summed E-state index contributed by atoms with van der Waals surface area (Å²) in [5, 5.41) is 0. The predicted octanol–water partition coefficient (Wildman–Crippen LogP) is 2.05. The van der Waals surface area contributed by atoms with Crippen molar-refractivity contribution >= 4 is 15.9 Å². The van der Waals surface area contributed by atoms with Gasteiger partial charge in [0.2, 0.25) is 15.9 Å². The first-order chi connectivity index (χ1) is 13.4. The lowest BCUT2D eigenvalue weighted by Crippen LogP contribution is -2.49. The van der Waals surface area contributed by atoms with Gasteiger partial charge >= 0.3 is 0 Å². The van der Waals surface area contributed by atoms with Crippen molar-refractivity contribution in [2.24, 2.45) is 0 Å². The molecule has 2 aliphatic rings. The van der Waals surface area contributed by atoms with E-state index in [-0.39, 0.29) is 23.9 Å². The van der Waals surface area contributed by atoms with Crippen LogP contribution >= 0.6 is 0 Å². The summed E-state index contributed by atoms with van der Waals surface area (Å²) in [7, 11) is -3.76. The van der Waals surface area contributed by atoms with Gasteiger partial charge in [-0.2, -0.15) is 4.31 Å². The van der Waals surface area contributed by atoms with E-state index in [9.17, 15) is 13.2 Å². The largest absolute Gasteiger partial charge is 0.483 e. The first-order valence-corrected chi connectivity index (χ1v) is 10.8. The Morgan fingerprint density at radius 3 is 2.71 bits per heavy atom. The fourth-order valence-electron chi connectivity index (χ4n) is 3.87. The van der Waals surface area contributed by atoms with E-state index < -0.39 is 15.6 Å². The van der Waals surface area contributed by atoms with Gasteiger partial charge in [0, 0.05) is 25.6 Å². The summed E-state index contributed by atoms with van der Waals surface area (Å²) in [4.78, 5) is 18.4. The first kappa shape index (κ1) is 18.9. The second-order valence-electron chi connectivity index (χ2n) is 7.24. The molecule has 1 unspecified atom stereocenters. The van der Waals surface area contributed by atoms with E-state index in [1.165, 1.54) is 4.31 Å². The molecule has 3 heterocycles. The van der Waals surface area contributed by atoms with E-state index in [4.69, 9.17) is 4.74 Å². The second-order valence-corrected chi connectivity index (χ2v) is 9.15. The molecule has 1 saturated heterocycles.